The molecule has 1 rings (SSSR count). The normalized spacial score (nSPS) is 12.3. The lowest BCUT2D eigenvalue weighted by atomic mass is 10.0. The molecule has 0 saturated carbocycles. The molecule has 0 aliphatic heterocycles. The van der Waals surface area contributed by atoms with Gasteiger partial charge in [-0.1, -0.05) is 53.9 Å². The van der Waals surface area contributed by atoms with Gasteiger partial charge in [-0.05, 0) is 38.4 Å². The second-order valence-corrected chi connectivity index (χ2v) is 5.10. The molecular weight excluding hydrogens is 253 g/mol. The molecule has 1 nitrogen and oxygen atoms in total. The van der Waals surface area contributed by atoms with E-state index in [9.17, 15) is 0 Å². The summed E-state index contributed by atoms with van der Waals surface area (Å²) in [6, 6.07) is 5.89. The Morgan fingerprint density at radius 1 is 1.35 bits per heavy atom. The molecule has 94 valence electrons. The predicted molar refractivity (Wildman–Crippen MR) is 76.9 cm³/mol. The van der Waals surface area contributed by atoms with Gasteiger partial charge in [-0.2, -0.15) is 0 Å². The van der Waals surface area contributed by atoms with Crippen molar-refractivity contribution < 1.29 is 0 Å². The summed E-state index contributed by atoms with van der Waals surface area (Å²) < 4.78 is 0. The molecule has 17 heavy (non-hydrogen) atoms. The lowest BCUT2D eigenvalue weighted by molar-refractivity contribution is 0.610. The molecule has 0 fully saturated rings. The van der Waals surface area contributed by atoms with Crippen LogP contribution >= 0.6 is 23.2 Å². The van der Waals surface area contributed by atoms with E-state index in [-0.39, 0.29) is 6.04 Å². The van der Waals surface area contributed by atoms with Crippen molar-refractivity contribution in [2.75, 3.05) is 6.54 Å². The van der Waals surface area contributed by atoms with E-state index in [1.807, 2.05) is 18.2 Å². The Morgan fingerprint density at radius 2 is 2.06 bits per heavy atom. The predicted octanol–water partition coefficient (Wildman–Crippen LogP) is 5.00. The van der Waals surface area contributed by atoms with Gasteiger partial charge in [0.15, 0.2) is 0 Å². The zero-order valence-corrected chi connectivity index (χ0v) is 12.1. The van der Waals surface area contributed by atoms with Crippen molar-refractivity contribution in [3.05, 3.63) is 45.5 Å². The molecule has 0 aromatic heterocycles. The average Bonchev–Trinajstić information content (AvgIpc) is 2.28. The molecule has 0 amide bonds. The van der Waals surface area contributed by atoms with E-state index in [4.69, 9.17) is 23.2 Å². The van der Waals surface area contributed by atoms with Crippen LogP contribution in [0.25, 0.3) is 0 Å². The zero-order chi connectivity index (χ0) is 12.8. The van der Waals surface area contributed by atoms with Crippen LogP contribution in [-0.2, 0) is 0 Å². The van der Waals surface area contributed by atoms with E-state index in [1.165, 1.54) is 5.57 Å². The van der Waals surface area contributed by atoms with Crippen molar-refractivity contribution in [1.82, 2.24) is 5.32 Å². The summed E-state index contributed by atoms with van der Waals surface area (Å²) in [6.07, 6.45) is 3.26. The second-order valence-electron chi connectivity index (χ2n) is 4.32. The van der Waals surface area contributed by atoms with Gasteiger partial charge >= 0.3 is 0 Å². The molecule has 1 aromatic rings. The first-order valence-electron chi connectivity index (χ1n) is 5.88. The fraction of sp³-hybridized carbons (Fsp3) is 0.429. The number of hydrogen-bond acceptors (Lipinski definition) is 1. The van der Waals surface area contributed by atoms with Crippen LogP contribution in [0, 0.1) is 0 Å². The number of rotatable bonds is 5. The van der Waals surface area contributed by atoms with Gasteiger partial charge in [0.2, 0.25) is 0 Å². The van der Waals surface area contributed by atoms with Crippen LogP contribution in [0.3, 0.4) is 0 Å². The Morgan fingerprint density at radius 3 is 2.65 bits per heavy atom. The van der Waals surface area contributed by atoms with Crippen LogP contribution < -0.4 is 5.32 Å². The Hall–Kier alpha value is -0.500. The molecular formula is C14H19Cl2N. The molecule has 3 heteroatoms. The largest absolute Gasteiger partial charge is 0.307 e. The maximum Gasteiger partial charge on any atom is 0.0643 e. The number of benzene rings is 1. The van der Waals surface area contributed by atoms with Crippen LogP contribution in [0.4, 0.5) is 0 Å². The highest BCUT2D eigenvalue weighted by Gasteiger charge is 2.13. The van der Waals surface area contributed by atoms with Crippen LogP contribution in [0.2, 0.25) is 10.0 Å². The first-order chi connectivity index (χ1) is 8.06. The minimum atomic E-state index is 0.131. The minimum Gasteiger partial charge on any atom is -0.307 e. The number of allylic oxidation sites excluding steroid dienone is 1. The Kier molecular flexibility index (Phi) is 6.04. The van der Waals surface area contributed by atoms with E-state index in [2.05, 4.69) is 32.2 Å². The van der Waals surface area contributed by atoms with Crippen molar-refractivity contribution in [3.63, 3.8) is 0 Å². The molecule has 1 aromatic carbocycles. The summed E-state index contributed by atoms with van der Waals surface area (Å²) in [6.45, 7) is 7.27. The monoisotopic (exact) mass is 271 g/mol. The summed E-state index contributed by atoms with van der Waals surface area (Å²) in [4.78, 5) is 0. The zero-order valence-electron chi connectivity index (χ0n) is 10.6. The Bertz CT molecular complexity index is 395. The summed E-state index contributed by atoms with van der Waals surface area (Å²) in [5.41, 5.74) is 2.29. The molecule has 0 aliphatic carbocycles. The quantitative estimate of drug-likeness (QED) is 0.744. The van der Waals surface area contributed by atoms with Gasteiger partial charge in [-0.25, -0.2) is 0 Å². The van der Waals surface area contributed by atoms with Crippen molar-refractivity contribution in [2.24, 2.45) is 0 Å². The van der Waals surface area contributed by atoms with Crippen LogP contribution in [-0.4, -0.2) is 6.54 Å². The van der Waals surface area contributed by atoms with Crippen molar-refractivity contribution >= 4 is 23.2 Å². The number of hydrogen-bond donors (Lipinski definition) is 1. The summed E-state index contributed by atoms with van der Waals surface area (Å²) in [5.74, 6) is 0. The number of nitrogens with one attached hydrogen (secondary N) is 1. The van der Waals surface area contributed by atoms with E-state index >= 15 is 0 Å². The highest BCUT2D eigenvalue weighted by Crippen LogP contribution is 2.30. The lowest BCUT2D eigenvalue weighted by Crippen LogP contribution is -2.21. The summed E-state index contributed by atoms with van der Waals surface area (Å²) in [7, 11) is 0. The second kappa shape index (κ2) is 7.05. The maximum atomic E-state index is 6.25. The molecule has 0 radical (unpaired) electrons. The summed E-state index contributed by atoms with van der Waals surface area (Å²) >= 11 is 12.3. The third-order valence-corrected chi connectivity index (χ3v) is 3.26. The highest BCUT2D eigenvalue weighted by molar-refractivity contribution is 6.42. The van der Waals surface area contributed by atoms with Gasteiger partial charge in [0, 0.05) is 0 Å². The standard InChI is InChI=1S/C14H19Cl2N/c1-4-8-17-13(9-10(2)3)11-6-5-7-12(15)14(11)16/h5-7,9,13,17H,4,8H2,1-3H3. The number of halogens is 2. The van der Waals surface area contributed by atoms with Gasteiger partial charge in [-0.3, -0.25) is 0 Å². The molecule has 0 aliphatic rings. The Balaban J connectivity index is 3.03. The molecule has 0 heterocycles. The van der Waals surface area contributed by atoms with Gasteiger partial charge < -0.3 is 5.32 Å². The van der Waals surface area contributed by atoms with Crippen molar-refractivity contribution in [3.8, 4) is 0 Å². The highest BCUT2D eigenvalue weighted by atomic mass is 35.5. The van der Waals surface area contributed by atoms with E-state index in [0.717, 1.165) is 18.5 Å². The first kappa shape index (κ1) is 14.6. The minimum absolute atomic E-state index is 0.131. The fourth-order valence-corrected chi connectivity index (χ4v) is 2.08. The van der Waals surface area contributed by atoms with E-state index < -0.39 is 0 Å². The third-order valence-electron chi connectivity index (χ3n) is 2.43. The molecule has 0 bridgehead atoms. The van der Waals surface area contributed by atoms with Crippen LogP contribution in [0.15, 0.2) is 29.8 Å². The topological polar surface area (TPSA) is 12.0 Å². The third kappa shape index (κ3) is 4.34. The SMILES string of the molecule is CCCNC(C=C(C)C)c1cccc(Cl)c1Cl. The first-order valence-corrected chi connectivity index (χ1v) is 6.64. The van der Waals surface area contributed by atoms with Crippen molar-refractivity contribution in [1.29, 1.82) is 0 Å². The average molecular weight is 272 g/mol. The van der Waals surface area contributed by atoms with Gasteiger partial charge in [-0.15, -0.1) is 0 Å². The lowest BCUT2D eigenvalue weighted by Gasteiger charge is -2.18. The van der Waals surface area contributed by atoms with E-state index in [1.54, 1.807) is 0 Å². The maximum absolute atomic E-state index is 6.25. The van der Waals surface area contributed by atoms with Gasteiger partial charge in [0.25, 0.3) is 0 Å². The smallest absolute Gasteiger partial charge is 0.0643 e. The summed E-state index contributed by atoms with van der Waals surface area (Å²) in [5, 5.41) is 4.71. The molecule has 1 N–H and O–H groups in total. The molecule has 0 saturated heterocycles. The van der Waals surface area contributed by atoms with Crippen LogP contribution in [0.1, 0.15) is 38.8 Å². The van der Waals surface area contributed by atoms with Crippen LogP contribution in [0.5, 0.6) is 0 Å². The fourth-order valence-electron chi connectivity index (χ4n) is 1.65. The van der Waals surface area contributed by atoms with Gasteiger partial charge in [0.05, 0.1) is 16.1 Å². The van der Waals surface area contributed by atoms with Crippen molar-refractivity contribution in [2.45, 2.75) is 33.2 Å². The Labute approximate surface area is 114 Å². The molecule has 1 atom stereocenters. The molecule has 1 unspecified atom stereocenters. The molecule has 0 spiro atoms. The van der Waals surface area contributed by atoms with Gasteiger partial charge in [0.1, 0.15) is 0 Å². The van der Waals surface area contributed by atoms with E-state index in [0.29, 0.717) is 10.0 Å².